The maximum absolute atomic E-state index is 12.6. The van der Waals surface area contributed by atoms with Crippen LogP contribution in [-0.2, 0) is 11.3 Å². The normalized spacial score (nSPS) is 15.7. The molecule has 6 heteroatoms. The highest BCUT2D eigenvalue weighted by Crippen LogP contribution is 2.31. The molecule has 2 rings (SSSR count). The topological polar surface area (TPSA) is 55.9 Å². The van der Waals surface area contributed by atoms with Crippen LogP contribution in [0.3, 0.4) is 0 Å². The summed E-state index contributed by atoms with van der Waals surface area (Å²) in [6.45, 7) is 3.72. The fraction of sp³-hybridized carbons (Fsp3) is 0.235. The van der Waals surface area contributed by atoms with Gasteiger partial charge in [0.05, 0.1) is 17.7 Å². The van der Waals surface area contributed by atoms with Gasteiger partial charge in [0, 0.05) is 37.2 Å². The van der Waals surface area contributed by atoms with Crippen LogP contribution in [0.5, 0.6) is 0 Å². The summed E-state index contributed by atoms with van der Waals surface area (Å²) in [4.78, 5) is 20.6. The minimum atomic E-state index is -0.190. The second-order valence-electron chi connectivity index (χ2n) is 4.65. The van der Waals surface area contributed by atoms with E-state index >= 15 is 0 Å². The van der Waals surface area contributed by atoms with Crippen LogP contribution in [-0.4, -0.2) is 24.0 Å². The molecule has 0 N–H and O–H groups in total. The molecular weight excluding hydrogens is 297 g/mol. The zero-order valence-corrected chi connectivity index (χ0v) is 13.3. The summed E-state index contributed by atoms with van der Waals surface area (Å²) in [6.07, 6.45) is 6.61. The number of fused-ring (bicyclic) bond motifs is 1. The molecule has 120 valence electrons. The fourth-order valence-electron chi connectivity index (χ4n) is 2.41. The number of nitrogens with zero attached hydrogens (tertiary/aromatic N) is 3. The van der Waals surface area contributed by atoms with E-state index in [4.69, 9.17) is 4.74 Å². The van der Waals surface area contributed by atoms with Crippen LogP contribution in [0.25, 0.3) is 11.4 Å². The van der Waals surface area contributed by atoms with Gasteiger partial charge in [0.25, 0.3) is 5.56 Å². The third-order valence-electron chi connectivity index (χ3n) is 3.33. The summed E-state index contributed by atoms with van der Waals surface area (Å²) in [5, 5.41) is 0. The van der Waals surface area contributed by atoms with Crippen molar-refractivity contribution in [1.29, 1.82) is 0 Å². The molecule has 23 heavy (non-hydrogen) atoms. The first-order valence-corrected chi connectivity index (χ1v) is 7.14. The third-order valence-corrected chi connectivity index (χ3v) is 3.33. The number of ether oxygens (including phenoxy) is 1. The van der Waals surface area contributed by atoms with Crippen molar-refractivity contribution >= 4 is 23.8 Å². The smallest absolute Gasteiger partial charge is 0.255 e. The molecular formula is C17H18FN3O2. The SMILES string of the molecule is CC=NC1=C(/C=C/F)OCc2c1ccc(=O)n2/C(C=NC)=C/C. The van der Waals surface area contributed by atoms with Crippen molar-refractivity contribution in [1.82, 2.24) is 4.57 Å². The lowest BCUT2D eigenvalue weighted by Gasteiger charge is -2.23. The van der Waals surface area contributed by atoms with Crippen LogP contribution in [0.15, 0.2) is 51.2 Å². The quantitative estimate of drug-likeness (QED) is 0.801. The van der Waals surface area contributed by atoms with Gasteiger partial charge in [-0.05, 0) is 19.9 Å². The molecule has 0 aliphatic carbocycles. The standard InChI is InChI=1S/C17H18FN3O2/c1-4-12(10-19-3)21-14-11-23-15(8-9-18)17(20-5-2)13(14)6-7-16(21)22/h4-10H,11H2,1-3H3/b9-8+,12-4+,19-10?,20-5?. The maximum atomic E-state index is 12.6. The first kappa shape index (κ1) is 16.6. The van der Waals surface area contributed by atoms with E-state index in [2.05, 4.69) is 9.98 Å². The molecule has 1 aromatic heterocycles. The summed E-state index contributed by atoms with van der Waals surface area (Å²) in [7, 11) is 1.64. The molecule has 1 aliphatic heterocycles. The van der Waals surface area contributed by atoms with Gasteiger partial charge in [0.2, 0.25) is 0 Å². The molecule has 0 bridgehead atoms. The van der Waals surface area contributed by atoms with E-state index in [0.717, 1.165) is 5.56 Å². The predicted octanol–water partition coefficient (Wildman–Crippen LogP) is 3.18. The van der Waals surface area contributed by atoms with Crippen molar-refractivity contribution in [3.63, 3.8) is 0 Å². The molecule has 0 aromatic carbocycles. The van der Waals surface area contributed by atoms with Gasteiger partial charge >= 0.3 is 0 Å². The van der Waals surface area contributed by atoms with Crippen LogP contribution in [0.4, 0.5) is 4.39 Å². The lowest BCUT2D eigenvalue weighted by atomic mass is 10.1. The van der Waals surface area contributed by atoms with Crippen LogP contribution >= 0.6 is 0 Å². The second kappa shape index (κ2) is 7.49. The van der Waals surface area contributed by atoms with Crippen LogP contribution in [0.1, 0.15) is 25.1 Å². The van der Waals surface area contributed by atoms with Crippen molar-refractivity contribution in [2.24, 2.45) is 9.98 Å². The highest BCUT2D eigenvalue weighted by atomic mass is 19.1. The number of rotatable bonds is 4. The monoisotopic (exact) mass is 315 g/mol. The molecule has 0 fully saturated rings. The third kappa shape index (κ3) is 3.21. The lowest BCUT2D eigenvalue weighted by Crippen LogP contribution is -2.26. The first-order chi connectivity index (χ1) is 11.2. The van der Waals surface area contributed by atoms with Crippen molar-refractivity contribution in [2.45, 2.75) is 20.5 Å². The van der Waals surface area contributed by atoms with E-state index in [0.29, 0.717) is 29.2 Å². The molecule has 0 radical (unpaired) electrons. The number of halogens is 1. The van der Waals surface area contributed by atoms with E-state index in [-0.39, 0.29) is 12.2 Å². The number of hydrogen-bond acceptors (Lipinski definition) is 4. The molecule has 0 unspecified atom stereocenters. The zero-order valence-electron chi connectivity index (χ0n) is 13.3. The average Bonchev–Trinajstić information content (AvgIpc) is 2.55. The predicted molar refractivity (Wildman–Crippen MR) is 91.2 cm³/mol. The van der Waals surface area contributed by atoms with Crippen molar-refractivity contribution in [3.05, 3.63) is 58.0 Å². The summed E-state index contributed by atoms with van der Waals surface area (Å²) in [5.74, 6) is 0.328. The van der Waals surface area contributed by atoms with Crippen molar-refractivity contribution in [3.8, 4) is 0 Å². The summed E-state index contributed by atoms with van der Waals surface area (Å²) in [6, 6.07) is 3.14. The van der Waals surface area contributed by atoms with E-state index in [1.165, 1.54) is 16.7 Å². The number of allylic oxidation sites excluding steroid dienone is 3. The van der Waals surface area contributed by atoms with E-state index in [1.807, 2.05) is 6.92 Å². The summed E-state index contributed by atoms with van der Waals surface area (Å²) < 4.78 is 19.7. The first-order valence-electron chi connectivity index (χ1n) is 7.14. The van der Waals surface area contributed by atoms with E-state index in [9.17, 15) is 9.18 Å². The molecule has 0 saturated heterocycles. The molecule has 0 atom stereocenters. The van der Waals surface area contributed by atoms with Gasteiger partial charge in [0.1, 0.15) is 18.1 Å². The molecule has 0 amide bonds. The van der Waals surface area contributed by atoms with Gasteiger partial charge in [-0.1, -0.05) is 6.08 Å². The minimum absolute atomic E-state index is 0.142. The Hall–Kier alpha value is -2.76. The Kier molecular flexibility index (Phi) is 5.41. The van der Waals surface area contributed by atoms with Crippen LogP contribution in [0.2, 0.25) is 0 Å². The van der Waals surface area contributed by atoms with Gasteiger partial charge in [-0.3, -0.25) is 19.3 Å². The number of pyridine rings is 1. The molecule has 1 aliphatic rings. The second-order valence-corrected chi connectivity index (χ2v) is 4.65. The Morgan fingerprint density at radius 1 is 1.39 bits per heavy atom. The Labute approximate surface area is 133 Å². The Balaban J connectivity index is 2.77. The number of aliphatic imine (C=N–C) groups is 2. The maximum Gasteiger partial charge on any atom is 0.255 e. The summed E-state index contributed by atoms with van der Waals surface area (Å²) in [5.41, 5.74) is 2.32. The Morgan fingerprint density at radius 3 is 2.78 bits per heavy atom. The molecule has 1 aromatic rings. The van der Waals surface area contributed by atoms with Gasteiger partial charge in [-0.15, -0.1) is 0 Å². The van der Waals surface area contributed by atoms with Gasteiger partial charge in [-0.25, -0.2) is 4.39 Å². The highest BCUT2D eigenvalue weighted by Gasteiger charge is 2.23. The fourth-order valence-corrected chi connectivity index (χ4v) is 2.41. The molecule has 0 saturated carbocycles. The average molecular weight is 315 g/mol. The van der Waals surface area contributed by atoms with Crippen LogP contribution < -0.4 is 5.56 Å². The van der Waals surface area contributed by atoms with E-state index in [1.54, 1.807) is 38.5 Å². The molecule has 2 heterocycles. The Bertz CT molecular complexity index is 799. The zero-order chi connectivity index (χ0) is 16.8. The van der Waals surface area contributed by atoms with Gasteiger partial charge < -0.3 is 4.74 Å². The van der Waals surface area contributed by atoms with Crippen molar-refractivity contribution in [2.75, 3.05) is 7.05 Å². The number of aromatic nitrogens is 1. The van der Waals surface area contributed by atoms with Crippen molar-refractivity contribution < 1.29 is 9.13 Å². The van der Waals surface area contributed by atoms with Crippen LogP contribution in [0, 0.1) is 0 Å². The van der Waals surface area contributed by atoms with E-state index < -0.39 is 0 Å². The summed E-state index contributed by atoms with van der Waals surface area (Å²) >= 11 is 0. The minimum Gasteiger partial charge on any atom is -0.485 e. The van der Waals surface area contributed by atoms with Gasteiger partial charge in [-0.2, -0.15) is 0 Å². The van der Waals surface area contributed by atoms with Gasteiger partial charge in [0.15, 0.2) is 0 Å². The molecule has 5 nitrogen and oxygen atoms in total. The molecule has 0 spiro atoms. The Morgan fingerprint density at radius 2 is 2.17 bits per heavy atom. The lowest BCUT2D eigenvalue weighted by molar-refractivity contribution is 0.200. The number of hydrogen-bond donors (Lipinski definition) is 0. The largest absolute Gasteiger partial charge is 0.485 e. The highest BCUT2D eigenvalue weighted by molar-refractivity contribution is 6.02.